The standard InChI is InChI=1S/C45H81O12P/c1-3-5-7-9-11-13-15-16-17-18-19-20-21-22-23-25-27-29-31-33-35-54-36-38(56-39(46)34-32-30-28-26-24-14-12-10-8-6-4-2)37-55-58(52,53)57-45-43(50)41(48)40(47)42(49)44(45)51/h10-13,16-17,19-20,38,40-45,47-51H,3-9,14-15,18,21-37H2,1-2H3,(H,52,53)/b12-10-,13-11-,17-16-,20-19-. The first kappa shape index (κ1) is 54.3. The number of allylic oxidation sites excluding steroid dienone is 8. The molecule has 6 N–H and O–H groups in total. The third-order valence-corrected chi connectivity index (χ3v) is 11.2. The second-order valence-corrected chi connectivity index (χ2v) is 16.9. The Hall–Kier alpha value is -1.70. The Labute approximate surface area is 350 Å². The average molecular weight is 845 g/mol. The number of carbonyl (C=O) groups excluding carboxylic acids is 1. The fourth-order valence-electron chi connectivity index (χ4n) is 6.52. The number of hydrogen-bond acceptors (Lipinski definition) is 11. The van der Waals surface area contributed by atoms with Crippen LogP contribution in [-0.2, 0) is 27.9 Å². The Kier molecular flexibility index (Phi) is 33.7. The van der Waals surface area contributed by atoms with Crippen molar-refractivity contribution in [2.24, 2.45) is 0 Å². The molecule has 1 fully saturated rings. The van der Waals surface area contributed by atoms with Crippen LogP contribution in [0.15, 0.2) is 48.6 Å². The van der Waals surface area contributed by atoms with Gasteiger partial charge in [0.1, 0.15) is 42.7 Å². The first-order chi connectivity index (χ1) is 28.0. The molecule has 0 aliphatic heterocycles. The van der Waals surface area contributed by atoms with Gasteiger partial charge < -0.3 is 39.9 Å². The van der Waals surface area contributed by atoms with E-state index in [0.717, 1.165) is 83.5 Å². The van der Waals surface area contributed by atoms with Gasteiger partial charge in [-0.25, -0.2) is 4.57 Å². The summed E-state index contributed by atoms with van der Waals surface area (Å²) < 4.78 is 34.1. The number of rotatable bonds is 37. The average Bonchev–Trinajstić information content (AvgIpc) is 3.21. The molecule has 0 aromatic rings. The van der Waals surface area contributed by atoms with E-state index in [1.165, 1.54) is 57.8 Å². The van der Waals surface area contributed by atoms with Gasteiger partial charge in [0.25, 0.3) is 0 Å². The Morgan fingerprint density at radius 2 is 0.983 bits per heavy atom. The first-order valence-electron chi connectivity index (χ1n) is 22.5. The molecule has 0 radical (unpaired) electrons. The van der Waals surface area contributed by atoms with Gasteiger partial charge in [0.15, 0.2) is 0 Å². The topological polar surface area (TPSA) is 192 Å². The Bertz CT molecular complexity index is 1140. The second-order valence-electron chi connectivity index (χ2n) is 15.5. The fraction of sp³-hybridized carbons (Fsp3) is 0.800. The van der Waals surface area contributed by atoms with Gasteiger partial charge in [-0.15, -0.1) is 0 Å². The molecule has 12 nitrogen and oxygen atoms in total. The Morgan fingerprint density at radius 3 is 1.53 bits per heavy atom. The highest BCUT2D eigenvalue weighted by atomic mass is 31.2. The van der Waals surface area contributed by atoms with Crippen molar-refractivity contribution in [1.29, 1.82) is 0 Å². The Balaban J connectivity index is 2.39. The zero-order valence-corrected chi connectivity index (χ0v) is 36.7. The van der Waals surface area contributed by atoms with Crippen LogP contribution >= 0.6 is 7.82 Å². The summed E-state index contributed by atoms with van der Waals surface area (Å²) in [7, 11) is -5.02. The predicted octanol–water partition coefficient (Wildman–Crippen LogP) is 8.86. The van der Waals surface area contributed by atoms with Crippen LogP contribution in [0.5, 0.6) is 0 Å². The molecule has 6 unspecified atom stereocenters. The molecule has 1 aliphatic rings. The molecule has 0 aromatic carbocycles. The summed E-state index contributed by atoms with van der Waals surface area (Å²) in [6, 6.07) is 0. The molecule has 0 heterocycles. The molecule has 13 heteroatoms. The van der Waals surface area contributed by atoms with E-state index in [1.807, 2.05) is 0 Å². The molecular weight excluding hydrogens is 763 g/mol. The number of hydrogen-bond donors (Lipinski definition) is 6. The summed E-state index contributed by atoms with van der Waals surface area (Å²) in [5.74, 6) is -0.494. The van der Waals surface area contributed by atoms with E-state index in [-0.39, 0.29) is 13.0 Å². The maximum Gasteiger partial charge on any atom is 0.472 e. The van der Waals surface area contributed by atoms with Crippen LogP contribution in [-0.4, -0.2) is 98.9 Å². The third-order valence-electron chi connectivity index (χ3n) is 10.2. The number of phosphoric acid groups is 1. The zero-order chi connectivity index (χ0) is 42.7. The number of aliphatic hydroxyl groups excluding tert-OH is 5. The minimum atomic E-state index is -5.02. The highest BCUT2D eigenvalue weighted by Gasteiger charge is 2.51. The molecule has 6 atom stereocenters. The van der Waals surface area contributed by atoms with Crippen LogP contribution in [0.4, 0.5) is 0 Å². The smallest absolute Gasteiger partial charge is 0.457 e. The van der Waals surface area contributed by atoms with Gasteiger partial charge in [-0.2, -0.15) is 0 Å². The van der Waals surface area contributed by atoms with E-state index >= 15 is 0 Å². The fourth-order valence-corrected chi connectivity index (χ4v) is 7.49. The van der Waals surface area contributed by atoms with Gasteiger partial charge in [-0.1, -0.05) is 140 Å². The molecule has 338 valence electrons. The zero-order valence-electron chi connectivity index (χ0n) is 35.8. The maximum atomic E-state index is 12.8. The molecule has 58 heavy (non-hydrogen) atoms. The van der Waals surface area contributed by atoms with E-state index in [1.54, 1.807) is 0 Å². The number of aliphatic hydroxyl groups is 5. The highest BCUT2D eigenvalue weighted by molar-refractivity contribution is 7.47. The number of unbranched alkanes of at least 4 members (excludes halogenated alkanes) is 17. The molecular formula is C45H81O12P. The summed E-state index contributed by atoms with van der Waals surface area (Å²) in [5.41, 5.74) is 0. The lowest BCUT2D eigenvalue weighted by molar-refractivity contribution is -0.220. The van der Waals surface area contributed by atoms with Crippen molar-refractivity contribution in [1.82, 2.24) is 0 Å². The van der Waals surface area contributed by atoms with Gasteiger partial charge in [0, 0.05) is 13.0 Å². The molecule has 0 aromatic heterocycles. The van der Waals surface area contributed by atoms with Gasteiger partial charge in [0.05, 0.1) is 13.2 Å². The summed E-state index contributed by atoms with van der Waals surface area (Å²) >= 11 is 0. The van der Waals surface area contributed by atoms with E-state index in [9.17, 15) is 39.8 Å². The number of phosphoric ester groups is 1. The highest BCUT2D eigenvalue weighted by Crippen LogP contribution is 2.47. The van der Waals surface area contributed by atoms with Gasteiger partial charge in [-0.05, 0) is 70.6 Å². The monoisotopic (exact) mass is 845 g/mol. The minimum absolute atomic E-state index is 0.0880. The molecule has 1 aliphatic carbocycles. The molecule has 0 bridgehead atoms. The van der Waals surface area contributed by atoms with Crippen LogP contribution in [0.25, 0.3) is 0 Å². The van der Waals surface area contributed by atoms with Crippen molar-refractivity contribution in [2.45, 2.75) is 211 Å². The summed E-state index contributed by atoms with van der Waals surface area (Å²) in [6.45, 7) is 4.14. The third kappa shape index (κ3) is 27.9. The molecule has 0 saturated heterocycles. The van der Waals surface area contributed by atoms with Crippen LogP contribution in [0.2, 0.25) is 0 Å². The molecule has 0 amide bonds. The first-order valence-corrected chi connectivity index (χ1v) is 24.0. The summed E-state index contributed by atoms with van der Waals surface area (Å²) in [4.78, 5) is 23.1. The van der Waals surface area contributed by atoms with Gasteiger partial charge in [-0.3, -0.25) is 13.8 Å². The quantitative estimate of drug-likeness (QED) is 0.0151. The van der Waals surface area contributed by atoms with Crippen molar-refractivity contribution < 1.29 is 58.3 Å². The number of esters is 1. The van der Waals surface area contributed by atoms with E-state index in [4.69, 9.17) is 18.5 Å². The van der Waals surface area contributed by atoms with Crippen LogP contribution in [0, 0.1) is 0 Å². The van der Waals surface area contributed by atoms with Crippen molar-refractivity contribution in [3.05, 3.63) is 48.6 Å². The van der Waals surface area contributed by atoms with Crippen LogP contribution in [0.3, 0.4) is 0 Å². The largest absolute Gasteiger partial charge is 0.472 e. The van der Waals surface area contributed by atoms with E-state index in [0.29, 0.717) is 13.0 Å². The Morgan fingerprint density at radius 1 is 0.552 bits per heavy atom. The number of ether oxygens (including phenoxy) is 2. The van der Waals surface area contributed by atoms with Crippen molar-refractivity contribution in [2.75, 3.05) is 19.8 Å². The van der Waals surface area contributed by atoms with E-state index in [2.05, 4.69) is 62.5 Å². The van der Waals surface area contributed by atoms with Crippen molar-refractivity contribution in [3.8, 4) is 0 Å². The molecule has 1 saturated carbocycles. The van der Waals surface area contributed by atoms with E-state index < -0.39 is 63.1 Å². The summed E-state index contributed by atoms with van der Waals surface area (Å²) in [5, 5.41) is 50.1. The minimum Gasteiger partial charge on any atom is -0.457 e. The molecule has 0 spiro atoms. The summed E-state index contributed by atoms with van der Waals surface area (Å²) in [6.07, 6.45) is 30.4. The van der Waals surface area contributed by atoms with Crippen LogP contribution < -0.4 is 0 Å². The number of carbonyl (C=O) groups is 1. The second kappa shape index (κ2) is 36.0. The maximum absolute atomic E-state index is 12.8. The lowest BCUT2D eigenvalue weighted by Crippen LogP contribution is -2.64. The lowest BCUT2D eigenvalue weighted by Gasteiger charge is -2.41. The normalized spacial score (nSPS) is 23.1. The van der Waals surface area contributed by atoms with Crippen LogP contribution in [0.1, 0.15) is 168 Å². The van der Waals surface area contributed by atoms with Crippen molar-refractivity contribution in [3.63, 3.8) is 0 Å². The lowest BCUT2D eigenvalue weighted by atomic mass is 9.85. The SMILES string of the molecule is CCCC/C=C\CCCCCCCC(=O)OC(COCCCCCCCCC/C=C\C/C=C\C/C=C\CCCCC)COP(=O)(O)OC1C(O)C(O)C(O)C(O)C1O. The predicted molar refractivity (Wildman–Crippen MR) is 230 cm³/mol. The molecule has 1 rings (SSSR count). The van der Waals surface area contributed by atoms with Gasteiger partial charge in [0.2, 0.25) is 0 Å². The van der Waals surface area contributed by atoms with Crippen molar-refractivity contribution >= 4 is 13.8 Å². The van der Waals surface area contributed by atoms with Gasteiger partial charge >= 0.3 is 13.8 Å².